The summed E-state index contributed by atoms with van der Waals surface area (Å²) in [5, 5.41) is 9.16. The van der Waals surface area contributed by atoms with Crippen LogP contribution in [0.5, 0.6) is 0 Å². The van der Waals surface area contributed by atoms with E-state index in [1.54, 1.807) is 0 Å². The summed E-state index contributed by atoms with van der Waals surface area (Å²) in [5.41, 5.74) is 3.68. The second-order valence-corrected chi connectivity index (χ2v) is 4.87. The van der Waals surface area contributed by atoms with Crippen molar-refractivity contribution >= 4 is 5.57 Å². The van der Waals surface area contributed by atoms with Crippen LogP contribution >= 0.6 is 0 Å². The van der Waals surface area contributed by atoms with Crippen LogP contribution in [0.25, 0.3) is 5.57 Å². The largest absolute Gasteiger partial charge is 0.396 e. The molecular weight excluding hydrogens is 232 g/mol. The number of benzene rings is 2. The number of hydrogen-bond acceptors (Lipinski definition) is 1. The third-order valence-corrected chi connectivity index (χ3v) is 3.21. The zero-order valence-electron chi connectivity index (χ0n) is 11.3. The van der Waals surface area contributed by atoms with Crippen LogP contribution in [0.4, 0.5) is 0 Å². The minimum atomic E-state index is 0.230. The standard InChI is InChI=1S/C18H20O/c1-15(14-19)12-13-18(16-8-4-2-5-9-16)17-10-6-3-7-11-17/h2-11,13,15,19H,12,14H2,1H3/t15-/m1/s1. The first kappa shape index (κ1) is 13.6. The molecule has 0 amide bonds. The second-order valence-electron chi connectivity index (χ2n) is 4.87. The van der Waals surface area contributed by atoms with E-state index < -0.39 is 0 Å². The van der Waals surface area contributed by atoms with Crippen LogP contribution in [-0.4, -0.2) is 11.7 Å². The van der Waals surface area contributed by atoms with Crippen LogP contribution in [0.15, 0.2) is 66.7 Å². The summed E-state index contributed by atoms with van der Waals surface area (Å²) in [6.07, 6.45) is 3.11. The van der Waals surface area contributed by atoms with Crippen LogP contribution < -0.4 is 0 Å². The lowest BCUT2D eigenvalue weighted by molar-refractivity contribution is 0.239. The molecule has 0 saturated heterocycles. The Hall–Kier alpha value is -1.86. The highest BCUT2D eigenvalue weighted by molar-refractivity contribution is 5.79. The first-order valence-corrected chi connectivity index (χ1v) is 6.73. The third-order valence-electron chi connectivity index (χ3n) is 3.21. The van der Waals surface area contributed by atoms with Crippen LogP contribution in [-0.2, 0) is 0 Å². The monoisotopic (exact) mass is 252 g/mol. The summed E-state index contributed by atoms with van der Waals surface area (Å²) in [4.78, 5) is 0. The molecule has 0 aliphatic rings. The fourth-order valence-electron chi connectivity index (χ4n) is 2.03. The Balaban J connectivity index is 2.34. The van der Waals surface area contributed by atoms with Crippen LogP contribution in [0.1, 0.15) is 24.5 Å². The average Bonchev–Trinajstić information content (AvgIpc) is 2.49. The van der Waals surface area contributed by atoms with Crippen molar-refractivity contribution in [3.63, 3.8) is 0 Å². The first-order chi connectivity index (χ1) is 9.31. The van der Waals surface area contributed by atoms with Gasteiger partial charge in [-0.25, -0.2) is 0 Å². The fraction of sp³-hybridized carbons (Fsp3) is 0.222. The lowest BCUT2D eigenvalue weighted by Gasteiger charge is -2.10. The molecule has 2 rings (SSSR count). The number of allylic oxidation sites excluding steroid dienone is 1. The quantitative estimate of drug-likeness (QED) is 0.848. The maximum atomic E-state index is 9.16. The van der Waals surface area contributed by atoms with Gasteiger partial charge in [0.15, 0.2) is 0 Å². The minimum Gasteiger partial charge on any atom is -0.396 e. The zero-order chi connectivity index (χ0) is 13.5. The van der Waals surface area contributed by atoms with Crippen LogP contribution in [0.3, 0.4) is 0 Å². The van der Waals surface area contributed by atoms with Gasteiger partial charge in [-0.1, -0.05) is 73.7 Å². The molecule has 0 unspecified atom stereocenters. The highest BCUT2D eigenvalue weighted by Crippen LogP contribution is 2.24. The smallest absolute Gasteiger partial charge is 0.0459 e. The molecule has 0 heterocycles. The van der Waals surface area contributed by atoms with Gasteiger partial charge < -0.3 is 5.11 Å². The van der Waals surface area contributed by atoms with Crippen molar-refractivity contribution in [3.8, 4) is 0 Å². The summed E-state index contributed by atoms with van der Waals surface area (Å²) in [6.45, 7) is 2.29. The van der Waals surface area contributed by atoms with E-state index in [9.17, 15) is 0 Å². The molecule has 0 fully saturated rings. The van der Waals surface area contributed by atoms with Crippen molar-refractivity contribution in [2.75, 3.05) is 6.61 Å². The third kappa shape index (κ3) is 3.80. The molecule has 2 aromatic carbocycles. The van der Waals surface area contributed by atoms with E-state index in [0.717, 1.165) is 6.42 Å². The van der Waals surface area contributed by atoms with E-state index in [4.69, 9.17) is 5.11 Å². The summed E-state index contributed by atoms with van der Waals surface area (Å²) < 4.78 is 0. The highest BCUT2D eigenvalue weighted by Gasteiger charge is 2.05. The Morgan fingerprint density at radius 3 is 1.84 bits per heavy atom. The van der Waals surface area contributed by atoms with E-state index in [0.29, 0.717) is 5.92 Å². The Kier molecular flexibility index (Phi) is 4.93. The summed E-state index contributed by atoms with van der Waals surface area (Å²) in [7, 11) is 0. The number of aliphatic hydroxyl groups is 1. The summed E-state index contributed by atoms with van der Waals surface area (Å²) >= 11 is 0. The Morgan fingerprint density at radius 2 is 1.42 bits per heavy atom. The van der Waals surface area contributed by atoms with Gasteiger partial charge in [-0.05, 0) is 29.0 Å². The van der Waals surface area contributed by atoms with Gasteiger partial charge in [-0.3, -0.25) is 0 Å². The molecule has 98 valence electrons. The maximum Gasteiger partial charge on any atom is 0.0459 e. The van der Waals surface area contributed by atoms with Crippen LogP contribution in [0, 0.1) is 5.92 Å². The highest BCUT2D eigenvalue weighted by atomic mass is 16.3. The van der Waals surface area contributed by atoms with Crippen molar-refractivity contribution in [1.29, 1.82) is 0 Å². The number of rotatable bonds is 5. The van der Waals surface area contributed by atoms with Crippen molar-refractivity contribution in [3.05, 3.63) is 77.9 Å². The van der Waals surface area contributed by atoms with E-state index in [2.05, 4.69) is 61.5 Å². The molecule has 19 heavy (non-hydrogen) atoms. The second kappa shape index (κ2) is 6.91. The molecule has 0 aliphatic heterocycles. The van der Waals surface area contributed by atoms with E-state index in [1.807, 2.05) is 12.1 Å². The molecule has 0 saturated carbocycles. The lowest BCUT2D eigenvalue weighted by atomic mass is 9.95. The average molecular weight is 252 g/mol. The van der Waals surface area contributed by atoms with Crippen molar-refractivity contribution in [1.82, 2.24) is 0 Å². The van der Waals surface area contributed by atoms with E-state index in [1.165, 1.54) is 16.7 Å². The van der Waals surface area contributed by atoms with Gasteiger partial charge >= 0.3 is 0 Å². The van der Waals surface area contributed by atoms with Crippen molar-refractivity contribution in [2.24, 2.45) is 5.92 Å². The molecule has 1 heteroatoms. The van der Waals surface area contributed by atoms with E-state index in [-0.39, 0.29) is 6.61 Å². The van der Waals surface area contributed by atoms with Gasteiger partial charge in [0, 0.05) is 6.61 Å². The number of aliphatic hydroxyl groups excluding tert-OH is 1. The molecule has 2 aromatic rings. The first-order valence-electron chi connectivity index (χ1n) is 6.73. The summed E-state index contributed by atoms with van der Waals surface area (Å²) in [6, 6.07) is 20.8. The Bertz CT molecular complexity index is 472. The van der Waals surface area contributed by atoms with Gasteiger partial charge in [0.05, 0.1) is 0 Å². The molecule has 0 spiro atoms. The maximum absolute atomic E-state index is 9.16. The Morgan fingerprint density at radius 1 is 0.947 bits per heavy atom. The topological polar surface area (TPSA) is 20.2 Å². The van der Waals surface area contributed by atoms with Crippen molar-refractivity contribution in [2.45, 2.75) is 13.3 Å². The lowest BCUT2D eigenvalue weighted by Crippen LogP contribution is -1.99. The zero-order valence-corrected chi connectivity index (χ0v) is 11.3. The van der Waals surface area contributed by atoms with Crippen LogP contribution in [0.2, 0.25) is 0 Å². The fourth-order valence-corrected chi connectivity index (χ4v) is 2.03. The van der Waals surface area contributed by atoms with Crippen molar-refractivity contribution < 1.29 is 5.11 Å². The normalized spacial score (nSPS) is 11.9. The van der Waals surface area contributed by atoms with Gasteiger partial charge in [0.25, 0.3) is 0 Å². The SMILES string of the molecule is C[C@@H](CO)CC=C(c1ccccc1)c1ccccc1. The number of hydrogen-bond donors (Lipinski definition) is 1. The molecule has 1 N–H and O–H groups in total. The summed E-state index contributed by atoms with van der Waals surface area (Å²) in [5.74, 6) is 0.294. The molecule has 0 aliphatic carbocycles. The van der Waals surface area contributed by atoms with Gasteiger partial charge in [-0.15, -0.1) is 0 Å². The van der Waals surface area contributed by atoms with Gasteiger partial charge in [0.1, 0.15) is 0 Å². The molecule has 1 nitrogen and oxygen atoms in total. The predicted octanol–water partition coefficient (Wildman–Crippen LogP) is 4.14. The molecule has 0 bridgehead atoms. The minimum absolute atomic E-state index is 0.230. The predicted molar refractivity (Wildman–Crippen MR) is 80.8 cm³/mol. The Labute approximate surface area is 115 Å². The molecule has 1 atom stereocenters. The molecule has 0 aromatic heterocycles. The van der Waals surface area contributed by atoms with E-state index >= 15 is 0 Å². The van der Waals surface area contributed by atoms with Gasteiger partial charge in [-0.2, -0.15) is 0 Å². The molecular formula is C18H20O. The molecule has 0 radical (unpaired) electrons. The van der Waals surface area contributed by atoms with Gasteiger partial charge in [0.2, 0.25) is 0 Å².